The van der Waals surface area contributed by atoms with Crippen LogP contribution in [0.4, 0.5) is 0 Å². The Morgan fingerprint density at radius 1 is 1.18 bits per heavy atom. The predicted octanol–water partition coefficient (Wildman–Crippen LogP) is 2.74. The molecule has 1 aliphatic rings. The van der Waals surface area contributed by atoms with Gasteiger partial charge in [-0.1, -0.05) is 25.3 Å². The first-order valence-corrected chi connectivity index (χ1v) is 6.28. The molecule has 0 aliphatic heterocycles. The summed E-state index contributed by atoms with van der Waals surface area (Å²) in [5.74, 6) is 1.65. The van der Waals surface area contributed by atoms with Gasteiger partial charge in [-0.05, 0) is 25.0 Å². The van der Waals surface area contributed by atoms with E-state index in [2.05, 4.69) is 0 Å². The van der Waals surface area contributed by atoms with E-state index in [0.717, 1.165) is 24.3 Å². The fraction of sp³-hybridized carbons (Fsp3) is 0.571. The van der Waals surface area contributed by atoms with Crippen molar-refractivity contribution in [2.24, 2.45) is 5.73 Å². The molecule has 94 valence electrons. The van der Waals surface area contributed by atoms with Crippen LogP contribution in [-0.4, -0.2) is 19.3 Å². The number of methoxy groups -OCH3 is 1. The molecule has 0 heterocycles. The first-order chi connectivity index (χ1) is 8.22. The number of rotatable bonds is 4. The van der Waals surface area contributed by atoms with Crippen molar-refractivity contribution in [3.8, 4) is 11.5 Å². The highest BCUT2D eigenvalue weighted by Gasteiger charge is 2.28. The first kappa shape index (κ1) is 12.2. The molecule has 1 fully saturated rings. The number of nitrogens with two attached hydrogens (primary N) is 1. The van der Waals surface area contributed by atoms with Crippen LogP contribution < -0.4 is 15.2 Å². The van der Waals surface area contributed by atoms with Crippen LogP contribution in [0.1, 0.15) is 32.1 Å². The van der Waals surface area contributed by atoms with Crippen molar-refractivity contribution in [3.63, 3.8) is 0 Å². The van der Waals surface area contributed by atoms with Gasteiger partial charge in [-0.2, -0.15) is 0 Å². The summed E-state index contributed by atoms with van der Waals surface area (Å²) in [6.07, 6.45) is 5.88. The molecule has 0 radical (unpaired) electrons. The normalized spacial score (nSPS) is 18.7. The third-order valence-electron chi connectivity index (χ3n) is 3.42. The van der Waals surface area contributed by atoms with E-state index in [1.807, 2.05) is 24.3 Å². The predicted molar refractivity (Wildman–Crippen MR) is 68.5 cm³/mol. The van der Waals surface area contributed by atoms with E-state index < -0.39 is 0 Å². The van der Waals surface area contributed by atoms with Crippen LogP contribution in [0.25, 0.3) is 0 Å². The number of hydrogen-bond acceptors (Lipinski definition) is 3. The molecule has 1 aromatic rings. The molecule has 0 atom stereocenters. The molecule has 3 heteroatoms. The second-order valence-electron chi connectivity index (χ2n) is 4.89. The maximum absolute atomic E-state index is 6.32. The molecule has 0 unspecified atom stereocenters. The Balaban J connectivity index is 1.92. The molecule has 1 saturated carbocycles. The maximum atomic E-state index is 6.32. The highest BCUT2D eigenvalue weighted by molar-refractivity contribution is 5.32. The van der Waals surface area contributed by atoms with Crippen LogP contribution in [-0.2, 0) is 0 Å². The SMILES string of the molecule is COc1cccc(OCC2(N)CCCCC2)c1. The summed E-state index contributed by atoms with van der Waals surface area (Å²) in [5.41, 5.74) is 6.18. The van der Waals surface area contributed by atoms with Gasteiger partial charge in [0.05, 0.1) is 12.6 Å². The van der Waals surface area contributed by atoms with Crippen LogP contribution in [0, 0.1) is 0 Å². The lowest BCUT2D eigenvalue weighted by atomic mass is 9.83. The topological polar surface area (TPSA) is 44.5 Å². The fourth-order valence-corrected chi connectivity index (χ4v) is 2.32. The standard InChI is InChI=1S/C14H21NO2/c1-16-12-6-5-7-13(10-12)17-11-14(15)8-3-2-4-9-14/h5-7,10H,2-4,8-9,11,15H2,1H3. The Hall–Kier alpha value is -1.22. The zero-order valence-corrected chi connectivity index (χ0v) is 10.4. The maximum Gasteiger partial charge on any atom is 0.123 e. The van der Waals surface area contributed by atoms with Crippen molar-refractivity contribution < 1.29 is 9.47 Å². The van der Waals surface area contributed by atoms with Crippen LogP contribution in [0.2, 0.25) is 0 Å². The number of ether oxygens (including phenoxy) is 2. The summed E-state index contributed by atoms with van der Waals surface area (Å²) >= 11 is 0. The Morgan fingerprint density at radius 3 is 2.59 bits per heavy atom. The monoisotopic (exact) mass is 235 g/mol. The molecule has 1 aliphatic carbocycles. The molecule has 3 nitrogen and oxygen atoms in total. The summed E-state index contributed by atoms with van der Waals surface area (Å²) in [6, 6.07) is 7.67. The molecular weight excluding hydrogens is 214 g/mol. The van der Waals surface area contributed by atoms with Crippen LogP contribution in [0.5, 0.6) is 11.5 Å². The van der Waals surface area contributed by atoms with E-state index >= 15 is 0 Å². The minimum absolute atomic E-state index is 0.138. The average molecular weight is 235 g/mol. The van der Waals surface area contributed by atoms with Gasteiger partial charge in [0.25, 0.3) is 0 Å². The van der Waals surface area contributed by atoms with Gasteiger partial charge < -0.3 is 15.2 Å². The Bertz CT molecular complexity index is 359. The number of benzene rings is 1. The molecule has 0 bridgehead atoms. The van der Waals surface area contributed by atoms with Crippen molar-refractivity contribution in [1.82, 2.24) is 0 Å². The van der Waals surface area contributed by atoms with Crippen LogP contribution in [0.15, 0.2) is 24.3 Å². The van der Waals surface area contributed by atoms with E-state index in [4.69, 9.17) is 15.2 Å². The first-order valence-electron chi connectivity index (χ1n) is 6.28. The summed E-state index contributed by atoms with van der Waals surface area (Å²) in [7, 11) is 1.66. The fourth-order valence-electron chi connectivity index (χ4n) is 2.32. The third-order valence-corrected chi connectivity index (χ3v) is 3.42. The molecule has 0 aromatic heterocycles. The second-order valence-corrected chi connectivity index (χ2v) is 4.89. The minimum Gasteiger partial charge on any atom is -0.497 e. The molecule has 17 heavy (non-hydrogen) atoms. The third kappa shape index (κ3) is 3.37. The Kier molecular flexibility index (Phi) is 3.89. The molecule has 0 spiro atoms. The van der Waals surface area contributed by atoms with Crippen LogP contribution in [0.3, 0.4) is 0 Å². The van der Waals surface area contributed by atoms with E-state index in [0.29, 0.717) is 6.61 Å². The van der Waals surface area contributed by atoms with Gasteiger partial charge >= 0.3 is 0 Å². The highest BCUT2D eigenvalue weighted by atomic mass is 16.5. The van der Waals surface area contributed by atoms with Gasteiger partial charge in [0.2, 0.25) is 0 Å². The zero-order valence-electron chi connectivity index (χ0n) is 10.4. The van der Waals surface area contributed by atoms with Gasteiger partial charge in [-0.15, -0.1) is 0 Å². The molecule has 2 N–H and O–H groups in total. The summed E-state index contributed by atoms with van der Waals surface area (Å²) in [5, 5.41) is 0. The van der Waals surface area contributed by atoms with Gasteiger partial charge in [0.1, 0.15) is 18.1 Å². The molecule has 0 saturated heterocycles. The molecule has 1 aromatic carbocycles. The zero-order chi connectivity index (χ0) is 12.1. The molecule has 0 amide bonds. The van der Waals surface area contributed by atoms with Gasteiger partial charge in [0, 0.05) is 6.07 Å². The summed E-state index contributed by atoms with van der Waals surface area (Å²) < 4.78 is 10.9. The van der Waals surface area contributed by atoms with Crippen molar-refractivity contribution in [1.29, 1.82) is 0 Å². The Morgan fingerprint density at radius 2 is 1.88 bits per heavy atom. The van der Waals surface area contributed by atoms with Gasteiger partial charge in [0.15, 0.2) is 0 Å². The quantitative estimate of drug-likeness (QED) is 0.872. The summed E-state index contributed by atoms with van der Waals surface area (Å²) in [4.78, 5) is 0. The largest absolute Gasteiger partial charge is 0.497 e. The molecule has 2 rings (SSSR count). The second kappa shape index (κ2) is 5.41. The lowest BCUT2D eigenvalue weighted by Crippen LogP contribution is -2.47. The lowest BCUT2D eigenvalue weighted by Gasteiger charge is -2.33. The van der Waals surface area contributed by atoms with Gasteiger partial charge in [-0.25, -0.2) is 0 Å². The van der Waals surface area contributed by atoms with E-state index in [-0.39, 0.29) is 5.54 Å². The van der Waals surface area contributed by atoms with Crippen molar-refractivity contribution in [2.75, 3.05) is 13.7 Å². The highest BCUT2D eigenvalue weighted by Crippen LogP contribution is 2.27. The van der Waals surface area contributed by atoms with Crippen molar-refractivity contribution in [2.45, 2.75) is 37.6 Å². The Labute approximate surface area is 103 Å². The van der Waals surface area contributed by atoms with Crippen LogP contribution >= 0.6 is 0 Å². The lowest BCUT2D eigenvalue weighted by molar-refractivity contribution is 0.173. The number of hydrogen-bond donors (Lipinski definition) is 1. The average Bonchev–Trinajstić information content (AvgIpc) is 2.38. The van der Waals surface area contributed by atoms with Crippen molar-refractivity contribution >= 4 is 0 Å². The van der Waals surface area contributed by atoms with E-state index in [1.165, 1.54) is 19.3 Å². The summed E-state index contributed by atoms with van der Waals surface area (Å²) in [6.45, 7) is 0.597. The molecular formula is C14H21NO2. The van der Waals surface area contributed by atoms with Crippen molar-refractivity contribution in [3.05, 3.63) is 24.3 Å². The van der Waals surface area contributed by atoms with E-state index in [9.17, 15) is 0 Å². The van der Waals surface area contributed by atoms with E-state index in [1.54, 1.807) is 7.11 Å². The minimum atomic E-state index is -0.138. The van der Waals surface area contributed by atoms with Gasteiger partial charge in [-0.3, -0.25) is 0 Å². The smallest absolute Gasteiger partial charge is 0.123 e.